The van der Waals surface area contributed by atoms with E-state index in [-0.39, 0.29) is 12.3 Å². The van der Waals surface area contributed by atoms with E-state index in [0.717, 1.165) is 46.5 Å². The van der Waals surface area contributed by atoms with Gasteiger partial charge < -0.3 is 14.4 Å². The Kier molecular flexibility index (Phi) is 6.39. The van der Waals surface area contributed by atoms with Crippen LogP contribution in [0.5, 0.6) is 0 Å². The number of hydrogen-bond acceptors (Lipinski definition) is 5. The first-order chi connectivity index (χ1) is 17.0. The molecule has 0 saturated carbocycles. The van der Waals surface area contributed by atoms with Crippen molar-refractivity contribution in [3.63, 3.8) is 0 Å². The monoisotopic (exact) mass is 465 g/mol. The van der Waals surface area contributed by atoms with Gasteiger partial charge in [0.05, 0.1) is 11.0 Å². The third-order valence-electron chi connectivity index (χ3n) is 6.07. The number of benzene rings is 3. The molecule has 0 aliphatic carbocycles. The van der Waals surface area contributed by atoms with Crippen molar-refractivity contribution in [2.45, 2.75) is 32.6 Å². The lowest BCUT2D eigenvalue weighted by atomic mass is 10.1. The fourth-order valence-corrected chi connectivity index (χ4v) is 4.10. The maximum atomic E-state index is 12.5. The van der Waals surface area contributed by atoms with Crippen LogP contribution in [0.2, 0.25) is 0 Å². The molecule has 0 radical (unpaired) electrons. The van der Waals surface area contributed by atoms with Gasteiger partial charge in [-0.2, -0.15) is 4.98 Å². The molecular formula is C28H27N5O2. The quantitative estimate of drug-likeness (QED) is 0.337. The van der Waals surface area contributed by atoms with Crippen molar-refractivity contribution >= 4 is 22.6 Å². The van der Waals surface area contributed by atoms with E-state index in [1.165, 1.54) is 5.56 Å². The molecule has 0 spiro atoms. The Bertz CT molecular complexity index is 1470. The molecule has 7 nitrogen and oxygen atoms in total. The Morgan fingerprint density at radius 1 is 0.943 bits per heavy atom. The van der Waals surface area contributed by atoms with Crippen molar-refractivity contribution < 1.29 is 9.32 Å². The van der Waals surface area contributed by atoms with Gasteiger partial charge >= 0.3 is 0 Å². The molecule has 7 heteroatoms. The largest absolute Gasteiger partial charge is 0.339 e. The zero-order chi connectivity index (χ0) is 24.2. The average molecular weight is 466 g/mol. The van der Waals surface area contributed by atoms with Crippen molar-refractivity contribution in [1.82, 2.24) is 19.7 Å². The maximum Gasteiger partial charge on any atom is 0.227 e. The summed E-state index contributed by atoms with van der Waals surface area (Å²) >= 11 is 0. The average Bonchev–Trinajstić information content (AvgIpc) is 3.47. The van der Waals surface area contributed by atoms with Gasteiger partial charge in [-0.05, 0) is 43.2 Å². The second-order valence-corrected chi connectivity index (χ2v) is 8.70. The van der Waals surface area contributed by atoms with Crippen LogP contribution in [0.25, 0.3) is 22.4 Å². The summed E-state index contributed by atoms with van der Waals surface area (Å²) in [5.41, 5.74) is 6.14. The molecule has 5 aromatic rings. The van der Waals surface area contributed by atoms with Gasteiger partial charge in [0.2, 0.25) is 17.6 Å². The number of fused-ring (bicyclic) bond motifs is 1. The van der Waals surface area contributed by atoms with E-state index in [1.54, 1.807) is 0 Å². The number of anilines is 1. The maximum absolute atomic E-state index is 12.5. The smallest absolute Gasteiger partial charge is 0.227 e. The molecule has 0 aliphatic rings. The molecule has 0 atom stereocenters. The summed E-state index contributed by atoms with van der Waals surface area (Å²) in [6.07, 6.45) is 2.31. The third-order valence-corrected chi connectivity index (χ3v) is 6.07. The van der Waals surface area contributed by atoms with Crippen molar-refractivity contribution in [3.05, 3.63) is 95.6 Å². The van der Waals surface area contributed by atoms with Crippen molar-refractivity contribution in [1.29, 1.82) is 0 Å². The molecule has 0 fully saturated rings. The molecule has 2 aromatic heterocycles. The first-order valence-electron chi connectivity index (χ1n) is 11.7. The van der Waals surface area contributed by atoms with Crippen molar-refractivity contribution in [2.75, 3.05) is 5.32 Å². The zero-order valence-corrected chi connectivity index (χ0v) is 19.9. The molecule has 1 N–H and O–H groups in total. The number of amides is 1. The normalized spacial score (nSPS) is 11.1. The highest BCUT2D eigenvalue weighted by atomic mass is 16.5. The lowest BCUT2D eigenvalue weighted by Crippen LogP contribution is -2.12. The predicted molar refractivity (Wildman–Crippen MR) is 136 cm³/mol. The van der Waals surface area contributed by atoms with E-state index >= 15 is 0 Å². The molecule has 0 aliphatic heterocycles. The van der Waals surface area contributed by atoms with Gasteiger partial charge in [-0.15, -0.1) is 0 Å². The number of nitrogens with zero attached hydrogens (tertiary/aromatic N) is 4. The number of carbonyl (C=O) groups excluding carboxylic acids is 1. The SMILES string of the molecule is Cc1ccc(-c2noc(CCC(=O)Nc3cccc(CCc4nc5ccccc5n4C)c3)n2)cc1. The van der Waals surface area contributed by atoms with Gasteiger partial charge in [0.25, 0.3) is 0 Å². The lowest BCUT2D eigenvalue weighted by molar-refractivity contribution is -0.116. The predicted octanol–water partition coefficient (Wildman–Crippen LogP) is 5.29. The minimum atomic E-state index is -0.0902. The third kappa shape index (κ3) is 5.30. The van der Waals surface area contributed by atoms with E-state index in [4.69, 9.17) is 9.51 Å². The molecular weight excluding hydrogens is 438 g/mol. The van der Waals surface area contributed by atoms with E-state index in [0.29, 0.717) is 18.1 Å². The van der Waals surface area contributed by atoms with Crippen LogP contribution in [-0.2, 0) is 31.1 Å². The minimum Gasteiger partial charge on any atom is -0.339 e. The van der Waals surface area contributed by atoms with Gasteiger partial charge in [-0.25, -0.2) is 4.98 Å². The molecule has 176 valence electrons. The van der Waals surface area contributed by atoms with Gasteiger partial charge in [0.1, 0.15) is 5.82 Å². The van der Waals surface area contributed by atoms with E-state index in [1.807, 2.05) is 67.6 Å². The van der Waals surface area contributed by atoms with Crippen LogP contribution < -0.4 is 5.32 Å². The number of imidazole rings is 1. The van der Waals surface area contributed by atoms with Crippen LogP contribution in [0.15, 0.2) is 77.3 Å². The molecule has 0 unspecified atom stereocenters. The lowest BCUT2D eigenvalue weighted by Gasteiger charge is -2.07. The summed E-state index contributed by atoms with van der Waals surface area (Å²) < 4.78 is 7.47. The second-order valence-electron chi connectivity index (χ2n) is 8.70. The minimum absolute atomic E-state index is 0.0902. The number of nitrogens with one attached hydrogen (secondary N) is 1. The molecule has 3 aromatic carbocycles. The Hall–Kier alpha value is -4.26. The Labute approximate surface area is 203 Å². The van der Waals surface area contributed by atoms with Gasteiger partial charge in [0, 0.05) is 37.6 Å². The molecule has 0 saturated heterocycles. The molecule has 5 rings (SSSR count). The Morgan fingerprint density at radius 2 is 1.77 bits per heavy atom. The van der Waals surface area contributed by atoms with Crippen LogP contribution in [-0.4, -0.2) is 25.6 Å². The van der Waals surface area contributed by atoms with E-state index in [9.17, 15) is 4.79 Å². The van der Waals surface area contributed by atoms with Crippen LogP contribution in [0.4, 0.5) is 5.69 Å². The van der Waals surface area contributed by atoms with E-state index in [2.05, 4.69) is 39.2 Å². The van der Waals surface area contributed by atoms with Crippen LogP contribution in [0.3, 0.4) is 0 Å². The molecule has 2 heterocycles. The summed E-state index contributed by atoms with van der Waals surface area (Å²) in [6, 6.07) is 24.0. The van der Waals surface area contributed by atoms with E-state index < -0.39 is 0 Å². The summed E-state index contributed by atoms with van der Waals surface area (Å²) in [5, 5.41) is 7.01. The zero-order valence-electron chi connectivity index (χ0n) is 19.9. The highest BCUT2D eigenvalue weighted by Gasteiger charge is 2.12. The second kappa shape index (κ2) is 9.93. The Morgan fingerprint density at radius 3 is 2.60 bits per heavy atom. The Balaban J connectivity index is 1.15. The molecule has 35 heavy (non-hydrogen) atoms. The fourth-order valence-electron chi connectivity index (χ4n) is 4.10. The van der Waals surface area contributed by atoms with Gasteiger partial charge in [0.15, 0.2) is 0 Å². The fraction of sp³-hybridized carbons (Fsp3) is 0.214. The van der Waals surface area contributed by atoms with Gasteiger partial charge in [-0.3, -0.25) is 4.79 Å². The highest BCUT2D eigenvalue weighted by molar-refractivity contribution is 5.90. The van der Waals surface area contributed by atoms with Gasteiger partial charge in [-0.1, -0.05) is 59.3 Å². The summed E-state index contributed by atoms with van der Waals surface area (Å²) in [5.74, 6) is 1.94. The number of aryl methyl sites for hydroxylation is 5. The topological polar surface area (TPSA) is 85.8 Å². The highest BCUT2D eigenvalue weighted by Crippen LogP contribution is 2.19. The summed E-state index contributed by atoms with van der Waals surface area (Å²) in [6.45, 7) is 2.03. The standard InChI is InChI=1S/C28H27N5O2/c1-19-10-13-21(14-11-19)28-31-27(35-32-28)17-16-26(34)29-22-7-5-6-20(18-22)12-15-25-30-23-8-3-4-9-24(23)33(25)2/h3-11,13-14,18H,12,15-17H2,1-2H3,(H,29,34). The number of para-hydroxylation sites is 2. The van der Waals surface area contributed by atoms with Crippen molar-refractivity contribution in [2.24, 2.45) is 7.05 Å². The molecule has 1 amide bonds. The van der Waals surface area contributed by atoms with Crippen LogP contribution in [0, 0.1) is 6.92 Å². The first kappa shape index (κ1) is 22.5. The number of carbonyl (C=O) groups is 1. The molecule has 0 bridgehead atoms. The first-order valence-corrected chi connectivity index (χ1v) is 11.7. The van der Waals surface area contributed by atoms with Crippen molar-refractivity contribution in [3.8, 4) is 11.4 Å². The summed E-state index contributed by atoms with van der Waals surface area (Å²) in [7, 11) is 2.05. The number of rotatable bonds is 8. The summed E-state index contributed by atoms with van der Waals surface area (Å²) in [4.78, 5) is 21.7. The number of hydrogen-bond donors (Lipinski definition) is 1. The van der Waals surface area contributed by atoms with Crippen LogP contribution in [0.1, 0.15) is 29.3 Å². The number of aromatic nitrogens is 4. The van der Waals surface area contributed by atoms with Crippen LogP contribution >= 0.6 is 0 Å².